The minimum Gasteiger partial charge on any atom is -0.443 e. The van der Waals surface area contributed by atoms with E-state index in [1.54, 1.807) is 0 Å². The summed E-state index contributed by atoms with van der Waals surface area (Å²) < 4.78 is 16.5. The highest BCUT2D eigenvalue weighted by Crippen LogP contribution is 2.34. The number of esters is 2. The second-order valence-corrected chi connectivity index (χ2v) is 13.1. The Balaban J connectivity index is 1.16. The van der Waals surface area contributed by atoms with Gasteiger partial charge in [0.25, 0.3) is 0 Å². The molecule has 2 aliphatic rings. The maximum absolute atomic E-state index is 13.3. The quantitative estimate of drug-likeness (QED) is 0.114. The van der Waals surface area contributed by atoms with Gasteiger partial charge in [0.15, 0.2) is 12.5 Å². The first-order valence-electron chi connectivity index (χ1n) is 17.4. The van der Waals surface area contributed by atoms with Crippen molar-refractivity contribution in [3.63, 3.8) is 0 Å². The summed E-state index contributed by atoms with van der Waals surface area (Å²) in [5.74, 6) is -0.986. The van der Waals surface area contributed by atoms with Crippen molar-refractivity contribution >= 4 is 11.9 Å². The van der Waals surface area contributed by atoms with Crippen LogP contribution in [0.5, 0.6) is 0 Å². The lowest BCUT2D eigenvalue weighted by molar-refractivity contribution is -0.156. The Bertz CT molecular complexity index is 1510. The highest BCUT2D eigenvalue weighted by atomic mass is 16.6. The number of hydrogen-bond donors (Lipinski definition) is 0. The maximum Gasteiger partial charge on any atom is 0.332 e. The van der Waals surface area contributed by atoms with E-state index in [1.807, 2.05) is 75.0 Å². The fraction of sp³-hybridized carbons (Fsp3) is 0.400. The van der Waals surface area contributed by atoms with Crippen molar-refractivity contribution in [2.45, 2.75) is 62.8 Å². The Morgan fingerprint density at radius 3 is 1.29 bits per heavy atom. The molecule has 0 radical (unpaired) electrons. The van der Waals surface area contributed by atoms with Crippen molar-refractivity contribution in [3.8, 4) is 0 Å². The van der Waals surface area contributed by atoms with Gasteiger partial charge < -0.3 is 18.6 Å². The van der Waals surface area contributed by atoms with E-state index in [2.05, 4.69) is 55.3 Å². The van der Waals surface area contributed by atoms with E-state index in [0.717, 1.165) is 63.3 Å². The van der Waals surface area contributed by atoms with Gasteiger partial charge in [0.05, 0.1) is 0 Å². The minimum absolute atomic E-state index is 0.0431. The Labute approximate surface area is 284 Å². The molecule has 2 saturated heterocycles. The maximum atomic E-state index is 13.3. The summed E-state index contributed by atoms with van der Waals surface area (Å²) in [6, 6.07) is 29.1. The number of benzene rings is 2. The molecule has 0 aliphatic carbocycles. The average Bonchev–Trinajstić information content (AvgIpc) is 3.95. The molecule has 0 amide bonds. The number of likely N-dealkylation sites (tertiary alicyclic amines) is 2. The molecule has 2 fully saturated rings. The lowest BCUT2D eigenvalue weighted by Gasteiger charge is -2.31. The predicted octanol–water partition coefficient (Wildman–Crippen LogP) is 6.59. The summed E-state index contributed by atoms with van der Waals surface area (Å²) in [4.78, 5) is 31.1. The molecular formula is C40H48N4O4. The van der Waals surface area contributed by atoms with Crippen molar-refractivity contribution in [3.05, 3.63) is 132 Å². The van der Waals surface area contributed by atoms with Crippen LogP contribution in [0, 0.1) is 0 Å². The van der Waals surface area contributed by atoms with Crippen LogP contribution in [0.1, 0.15) is 72.9 Å². The van der Waals surface area contributed by atoms with Gasteiger partial charge in [-0.3, -0.25) is 9.80 Å². The fourth-order valence-electron chi connectivity index (χ4n) is 7.39. The van der Waals surface area contributed by atoms with Gasteiger partial charge in [0, 0.05) is 101 Å². The number of rotatable bonds is 14. The molecule has 2 aromatic heterocycles. The van der Waals surface area contributed by atoms with E-state index >= 15 is 0 Å². The molecule has 252 valence electrons. The van der Waals surface area contributed by atoms with Crippen LogP contribution < -0.4 is 0 Å². The summed E-state index contributed by atoms with van der Waals surface area (Å²) in [5, 5.41) is 0. The molecule has 0 bridgehead atoms. The molecule has 48 heavy (non-hydrogen) atoms. The monoisotopic (exact) mass is 648 g/mol. The fourth-order valence-corrected chi connectivity index (χ4v) is 7.39. The normalized spacial score (nSPS) is 18.1. The molecule has 8 heteroatoms. The second-order valence-electron chi connectivity index (χ2n) is 13.1. The lowest BCUT2D eigenvalue weighted by Crippen LogP contribution is -2.38. The van der Waals surface area contributed by atoms with Gasteiger partial charge in [-0.25, -0.2) is 9.59 Å². The van der Waals surface area contributed by atoms with Gasteiger partial charge in [0.1, 0.15) is 0 Å². The van der Waals surface area contributed by atoms with E-state index in [4.69, 9.17) is 9.47 Å². The zero-order chi connectivity index (χ0) is 33.3. The third kappa shape index (κ3) is 8.35. The molecule has 2 aromatic carbocycles. The number of nitrogens with zero attached hydrogens (tertiary/aromatic N) is 4. The number of ether oxygens (including phenoxy) is 2. The predicted molar refractivity (Wildman–Crippen MR) is 187 cm³/mol. The molecule has 4 atom stereocenters. The molecule has 2 aliphatic heterocycles. The number of aromatic nitrogens is 2. The molecule has 4 aromatic rings. The third-order valence-electron chi connectivity index (χ3n) is 9.92. The second kappa shape index (κ2) is 16.1. The number of carbonyl (C=O) groups excluding carboxylic acids is 2. The molecule has 4 heterocycles. The van der Waals surface area contributed by atoms with Gasteiger partial charge in [-0.1, -0.05) is 60.7 Å². The standard InChI is InChI=1S/C40H48N4O4/c1-41-23-13-19-35(41)33(31-15-5-3-6-16-31)29-37(43-25-9-10-26-43)47-39(45)21-22-40(46)48-38(44-27-11-12-28-44)30-34(32-17-7-4-8-18-32)36-20-14-24-42(36)2/h3-8,13-24,33-34,37-38H,9-12,25-30H2,1-2H3/b22-21+. The van der Waals surface area contributed by atoms with Crippen LogP contribution in [0.2, 0.25) is 0 Å². The van der Waals surface area contributed by atoms with Gasteiger partial charge in [-0.15, -0.1) is 0 Å². The van der Waals surface area contributed by atoms with E-state index < -0.39 is 24.4 Å². The van der Waals surface area contributed by atoms with E-state index in [1.165, 1.54) is 23.3 Å². The van der Waals surface area contributed by atoms with Crippen LogP contribution in [0.4, 0.5) is 0 Å². The van der Waals surface area contributed by atoms with Crippen molar-refractivity contribution in [1.29, 1.82) is 0 Å². The molecule has 4 unspecified atom stereocenters. The van der Waals surface area contributed by atoms with E-state index in [9.17, 15) is 9.59 Å². The first kappa shape index (κ1) is 33.5. The number of hydrogen-bond acceptors (Lipinski definition) is 6. The zero-order valence-corrected chi connectivity index (χ0v) is 28.2. The van der Waals surface area contributed by atoms with Gasteiger partial charge in [-0.05, 0) is 61.1 Å². The summed E-state index contributed by atoms with van der Waals surface area (Å²) in [7, 11) is 4.10. The molecule has 0 saturated carbocycles. The third-order valence-corrected chi connectivity index (χ3v) is 9.92. The van der Waals surface area contributed by atoms with Gasteiger partial charge in [0.2, 0.25) is 0 Å². The van der Waals surface area contributed by atoms with Crippen LogP contribution in [-0.4, -0.2) is 69.5 Å². The topological polar surface area (TPSA) is 68.9 Å². The highest BCUT2D eigenvalue weighted by molar-refractivity contribution is 5.91. The zero-order valence-electron chi connectivity index (χ0n) is 28.2. The van der Waals surface area contributed by atoms with Gasteiger partial charge in [-0.2, -0.15) is 0 Å². The summed E-state index contributed by atoms with van der Waals surface area (Å²) >= 11 is 0. The Morgan fingerprint density at radius 2 is 0.958 bits per heavy atom. The van der Waals surface area contributed by atoms with Crippen LogP contribution in [0.25, 0.3) is 0 Å². The SMILES string of the molecule is Cn1cccc1C(CC(OC(=O)/C=C/C(=O)OC(CC(c1ccccc1)c1cccn1C)N1CCCC1)N1CCCC1)c1ccccc1. The van der Waals surface area contributed by atoms with Crippen LogP contribution >= 0.6 is 0 Å². The molecule has 0 N–H and O–H groups in total. The summed E-state index contributed by atoms with van der Waals surface area (Å²) in [5.41, 5.74) is 4.68. The largest absolute Gasteiger partial charge is 0.443 e. The van der Waals surface area contributed by atoms with Crippen molar-refractivity contribution in [2.24, 2.45) is 14.1 Å². The molecular weight excluding hydrogens is 600 g/mol. The van der Waals surface area contributed by atoms with Crippen molar-refractivity contribution in [2.75, 3.05) is 26.2 Å². The van der Waals surface area contributed by atoms with Crippen LogP contribution in [0.3, 0.4) is 0 Å². The van der Waals surface area contributed by atoms with E-state index in [-0.39, 0.29) is 11.8 Å². The first-order chi connectivity index (χ1) is 23.5. The van der Waals surface area contributed by atoms with Gasteiger partial charge >= 0.3 is 11.9 Å². The highest BCUT2D eigenvalue weighted by Gasteiger charge is 2.32. The Kier molecular flexibility index (Phi) is 11.3. The smallest absolute Gasteiger partial charge is 0.332 e. The average molecular weight is 649 g/mol. The Morgan fingerprint density at radius 1 is 0.583 bits per heavy atom. The molecule has 6 rings (SSSR count). The molecule has 8 nitrogen and oxygen atoms in total. The van der Waals surface area contributed by atoms with Crippen molar-refractivity contribution < 1.29 is 19.1 Å². The van der Waals surface area contributed by atoms with Crippen LogP contribution in [-0.2, 0) is 33.2 Å². The summed E-state index contributed by atoms with van der Waals surface area (Å²) in [6.45, 7) is 3.50. The minimum atomic E-state index is -0.536. The lowest BCUT2D eigenvalue weighted by atomic mass is 9.91. The number of aryl methyl sites for hydroxylation is 2. The molecule has 0 spiro atoms. The van der Waals surface area contributed by atoms with Crippen LogP contribution in [0.15, 0.2) is 109 Å². The Hall–Kier alpha value is -4.40. The van der Waals surface area contributed by atoms with E-state index in [0.29, 0.717) is 12.8 Å². The number of carbonyl (C=O) groups is 2. The van der Waals surface area contributed by atoms with Crippen molar-refractivity contribution in [1.82, 2.24) is 18.9 Å². The first-order valence-corrected chi connectivity index (χ1v) is 17.4. The summed E-state index contributed by atoms with van der Waals surface area (Å²) in [6.07, 6.45) is 11.2.